The molecule has 2 rings (SSSR count). The number of benzene rings is 1. The van der Waals surface area contributed by atoms with E-state index in [2.05, 4.69) is 39.8 Å². The summed E-state index contributed by atoms with van der Waals surface area (Å²) in [5.41, 5.74) is 2.65. The summed E-state index contributed by atoms with van der Waals surface area (Å²) >= 11 is 0. The quantitative estimate of drug-likeness (QED) is 0.292. The SMILES string of the molecule is C/C=C\C(=C/C)C(=N)/C(=C\Cc1cccc(B2OC(C)(C)C(C)(C)O2)c1)OCC. The molecule has 156 valence electrons. The number of hydrogen-bond donors (Lipinski definition) is 1. The summed E-state index contributed by atoms with van der Waals surface area (Å²) in [6.45, 7) is 14.6. The third-order valence-corrected chi connectivity index (χ3v) is 5.49. The largest absolute Gasteiger partial charge is 0.494 e. The van der Waals surface area contributed by atoms with E-state index in [1.165, 1.54) is 0 Å². The Bertz CT molecular complexity index is 805. The van der Waals surface area contributed by atoms with E-state index in [-0.39, 0.29) is 18.3 Å². The Labute approximate surface area is 176 Å². The molecule has 0 aliphatic carbocycles. The lowest BCUT2D eigenvalue weighted by molar-refractivity contribution is 0.00578. The van der Waals surface area contributed by atoms with Crippen LogP contribution in [0.1, 0.15) is 54.0 Å². The van der Waals surface area contributed by atoms with E-state index in [0.717, 1.165) is 16.6 Å². The Morgan fingerprint density at radius 3 is 2.34 bits per heavy atom. The second-order valence-corrected chi connectivity index (χ2v) is 8.16. The van der Waals surface area contributed by atoms with Crippen LogP contribution in [0.2, 0.25) is 0 Å². The smallest absolute Gasteiger partial charge is 0.492 e. The molecule has 29 heavy (non-hydrogen) atoms. The molecule has 0 spiro atoms. The second kappa shape index (κ2) is 9.60. The summed E-state index contributed by atoms with van der Waals surface area (Å²) in [4.78, 5) is 0. The number of rotatable bonds is 8. The highest BCUT2D eigenvalue weighted by Gasteiger charge is 2.51. The van der Waals surface area contributed by atoms with E-state index < -0.39 is 0 Å². The van der Waals surface area contributed by atoms with Crippen molar-refractivity contribution in [1.29, 1.82) is 5.41 Å². The highest BCUT2D eigenvalue weighted by atomic mass is 16.7. The van der Waals surface area contributed by atoms with Gasteiger partial charge in [-0.1, -0.05) is 42.5 Å². The van der Waals surface area contributed by atoms with Crippen LogP contribution < -0.4 is 5.46 Å². The molecule has 1 aliphatic rings. The summed E-state index contributed by atoms with van der Waals surface area (Å²) in [7, 11) is -0.377. The van der Waals surface area contributed by atoms with Crippen molar-refractivity contribution >= 4 is 18.3 Å². The van der Waals surface area contributed by atoms with Gasteiger partial charge in [-0.15, -0.1) is 0 Å². The fraction of sp³-hybridized carbons (Fsp3) is 0.458. The second-order valence-electron chi connectivity index (χ2n) is 8.16. The Hall–Kier alpha value is -2.11. The molecule has 0 unspecified atom stereocenters. The molecule has 1 heterocycles. The van der Waals surface area contributed by atoms with Crippen LogP contribution in [-0.4, -0.2) is 30.6 Å². The van der Waals surface area contributed by atoms with Gasteiger partial charge >= 0.3 is 7.12 Å². The Morgan fingerprint density at radius 1 is 1.14 bits per heavy atom. The van der Waals surface area contributed by atoms with Gasteiger partial charge in [0, 0.05) is 0 Å². The maximum atomic E-state index is 8.49. The molecular weight excluding hydrogens is 361 g/mol. The fourth-order valence-corrected chi connectivity index (χ4v) is 3.09. The highest BCUT2D eigenvalue weighted by Crippen LogP contribution is 2.36. The van der Waals surface area contributed by atoms with E-state index in [4.69, 9.17) is 19.5 Å². The third kappa shape index (κ3) is 5.49. The maximum absolute atomic E-state index is 8.49. The van der Waals surface area contributed by atoms with E-state index in [1.807, 2.05) is 57.2 Å². The first-order valence-corrected chi connectivity index (χ1v) is 10.3. The lowest BCUT2D eigenvalue weighted by Crippen LogP contribution is -2.41. The third-order valence-electron chi connectivity index (χ3n) is 5.49. The maximum Gasteiger partial charge on any atom is 0.494 e. The molecule has 0 bridgehead atoms. The van der Waals surface area contributed by atoms with Gasteiger partial charge in [0.2, 0.25) is 0 Å². The molecule has 1 N–H and O–H groups in total. The first kappa shape index (κ1) is 23.2. The minimum Gasteiger partial charge on any atom is -0.492 e. The van der Waals surface area contributed by atoms with Crippen LogP contribution in [0.3, 0.4) is 0 Å². The van der Waals surface area contributed by atoms with Gasteiger partial charge in [0.05, 0.1) is 17.8 Å². The molecule has 1 aromatic rings. The Morgan fingerprint density at radius 2 is 1.79 bits per heavy atom. The molecule has 5 heteroatoms. The van der Waals surface area contributed by atoms with Crippen molar-refractivity contribution in [2.24, 2.45) is 0 Å². The average molecular weight is 395 g/mol. The normalized spacial score (nSPS) is 19.1. The van der Waals surface area contributed by atoms with Crippen LogP contribution >= 0.6 is 0 Å². The minimum absolute atomic E-state index is 0.361. The molecule has 0 atom stereocenters. The summed E-state index contributed by atoms with van der Waals surface area (Å²) < 4.78 is 18.1. The molecule has 0 radical (unpaired) electrons. The van der Waals surface area contributed by atoms with E-state index in [0.29, 0.717) is 24.5 Å². The minimum atomic E-state index is -0.377. The first-order chi connectivity index (χ1) is 13.6. The zero-order valence-electron chi connectivity index (χ0n) is 18.8. The molecule has 0 amide bonds. The van der Waals surface area contributed by atoms with Gasteiger partial charge in [0.15, 0.2) is 0 Å². The molecule has 1 fully saturated rings. The Balaban J connectivity index is 2.21. The van der Waals surface area contributed by atoms with Crippen LogP contribution in [0.25, 0.3) is 0 Å². The van der Waals surface area contributed by atoms with Gasteiger partial charge in [0.1, 0.15) is 11.5 Å². The van der Waals surface area contributed by atoms with Crippen molar-refractivity contribution in [2.75, 3.05) is 6.61 Å². The van der Waals surface area contributed by atoms with Crippen LogP contribution in [0.5, 0.6) is 0 Å². The van der Waals surface area contributed by atoms with Crippen LogP contribution in [0.15, 0.2) is 59.9 Å². The topological polar surface area (TPSA) is 51.5 Å². The fourth-order valence-electron chi connectivity index (χ4n) is 3.09. The summed E-state index contributed by atoms with van der Waals surface area (Å²) in [6, 6.07) is 8.23. The molecule has 1 aliphatic heterocycles. The molecule has 0 aromatic heterocycles. The van der Waals surface area contributed by atoms with Crippen molar-refractivity contribution in [3.05, 3.63) is 65.5 Å². The zero-order valence-corrected chi connectivity index (χ0v) is 18.8. The van der Waals surface area contributed by atoms with E-state index in [9.17, 15) is 0 Å². The van der Waals surface area contributed by atoms with Gasteiger partial charge < -0.3 is 14.0 Å². The van der Waals surface area contributed by atoms with Crippen molar-refractivity contribution in [2.45, 2.75) is 66.1 Å². The predicted octanol–water partition coefficient (Wildman–Crippen LogP) is 4.99. The molecule has 4 nitrogen and oxygen atoms in total. The van der Waals surface area contributed by atoms with Crippen molar-refractivity contribution in [1.82, 2.24) is 0 Å². The van der Waals surface area contributed by atoms with Crippen LogP contribution in [0, 0.1) is 5.41 Å². The number of hydrogen-bond acceptors (Lipinski definition) is 4. The number of ether oxygens (including phenoxy) is 1. The van der Waals surface area contributed by atoms with Gasteiger partial charge in [0.25, 0.3) is 0 Å². The lowest BCUT2D eigenvalue weighted by atomic mass is 9.78. The molecule has 1 aromatic carbocycles. The van der Waals surface area contributed by atoms with Crippen LogP contribution in [-0.2, 0) is 20.5 Å². The monoisotopic (exact) mass is 395 g/mol. The molecule has 0 saturated carbocycles. The Kier molecular flexibility index (Phi) is 7.67. The van der Waals surface area contributed by atoms with E-state index in [1.54, 1.807) is 0 Å². The van der Waals surface area contributed by atoms with Gasteiger partial charge in [-0.25, -0.2) is 0 Å². The summed E-state index contributed by atoms with van der Waals surface area (Å²) in [5, 5.41) is 8.49. The van der Waals surface area contributed by atoms with Crippen molar-refractivity contribution in [3.8, 4) is 0 Å². The molecular formula is C24H34BNO3. The standard InChI is InChI=1S/C24H34BNO3/c1-8-12-19(9-2)22(26)21(27-10-3)16-15-18-13-11-14-20(17-18)25-28-23(4,5)24(6,7)29-25/h8-9,11-14,16-17,26H,10,15H2,1-7H3/b12-8-,19-9+,21-16+,26-22?. The summed E-state index contributed by atoms with van der Waals surface area (Å²) in [5.74, 6) is 0.597. The van der Waals surface area contributed by atoms with Gasteiger partial charge in [-0.2, -0.15) is 0 Å². The van der Waals surface area contributed by atoms with E-state index >= 15 is 0 Å². The summed E-state index contributed by atoms with van der Waals surface area (Å²) in [6.07, 6.45) is 8.42. The number of allylic oxidation sites excluding steroid dienone is 5. The average Bonchev–Trinajstić information content (AvgIpc) is 2.90. The van der Waals surface area contributed by atoms with Gasteiger partial charge in [-0.3, -0.25) is 5.41 Å². The predicted molar refractivity (Wildman–Crippen MR) is 122 cm³/mol. The highest BCUT2D eigenvalue weighted by molar-refractivity contribution is 6.62. The van der Waals surface area contributed by atoms with Gasteiger partial charge in [-0.05, 0) is 77.6 Å². The van der Waals surface area contributed by atoms with Crippen LogP contribution in [0.4, 0.5) is 0 Å². The molecule has 1 saturated heterocycles. The number of nitrogens with one attached hydrogen (secondary N) is 1. The van der Waals surface area contributed by atoms with Crippen molar-refractivity contribution < 1.29 is 14.0 Å². The lowest BCUT2D eigenvalue weighted by Gasteiger charge is -2.32. The van der Waals surface area contributed by atoms with Crippen molar-refractivity contribution in [3.63, 3.8) is 0 Å². The zero-order chi connectivity index (χ0) is 21.7. The first-order valence-electron chi connectivity index (χ1n) is 10.3.